The predicted molar refractivity (Wildman–Crippen MR) is 181 cm³/mol. The number of benzodiazepines with no additional fused rings is 1. The second-order valence-electron chi connectivity index (χ2n) is 10.9. The van der Waals surface area contributed by atoms with Crippen LogP contribution in [0.15, 0.2) is 65.7 Å². The molecule has 3 aromatic rings. The molecule has 2 heterocycles. The average Bonchev–Trinajstić information content (AvgIpc) is 3.17. The summed E-state index contributed by atoms with van der Waals surface area (Å²) in [5.74, 6) is 2.21. The number of hydrogen-bond donors (Lipinski definition) is 0. The fourth-order valence-electron chi connectivity index (χ4n) is 5.82. The van der Waals surface area contributed by atoms with E-state index in [1.807, 2.05) is 36.9 Å². The van der Waals surface area contributed by atoms with Crippen LogP contribution in [0.4, 0.5) is 11.4 Å². The van der Waals surface area contributed by atoms with E-state index in [9.17, 15) is 4.79 Å². The molecule has 0 unspecified atom stereocenters. The second kappa shape index (κ2) is 15.8. The zero-order chi connectivity index (χ0) is 30.2. The quantitative estimate of drug-likeness (QED) is 0.252. The number of carbonyl (C=O) groups excluding carboxylic acids is 1. The maximum atomic E-state index is 13.2. The molecule has 236 valence electrons. The maximum Gasteiger partial charge on any atom is 0.248 e. The van der Waals surface area contributed by atoms with E-state index in [4.69, 9.17) is 19.2 Å². The van der Waals surface area contributed by atoms with Crippen molar-refractivity contribution < 1.29 is 19.0 Å². The number of fused-ring (bicyclic) bond motifs is 1. The Morgan fingerprint density at radius 2 is 1.55 bits per heavy atom. The van der Waals surface area contributed by atoms with Crippen LogP contribution in [0.25, 0.3) is 0 Å². The van der Waals surface area contributed by atoms with E-state index in [0.717, 1.165) is 73.8 Å². The van der Waals surface area contributed by atoms with Gasteiger partial charge in [0.05, 0.1) is 31.7 Å². The van der Waals surface area contributed by atoms with E-state index in [1.165, 1.54) is 11.3 Å². The number of amides is 1. The lowest BCUT2D eigenvalue weighted by atomic mass is 9.97. The molecule has 9 heteroatoms. The normalized spacial score (nSPS) is 15.2. The van der Waals surface area contributed by atoms with Gasteiger partial charge in [0.25, 0.3) is 0 Å². The van der Waals surface area contributed by atoms with Gasteiger partial charge in [0, 0.05) is 68.2 Å². The SMILES string of the molecule is CCCN1C(=O)CN=C(c2ccc(CCN3CCN(c4cccc(OC)c4)CC3)cc2)c2cc(OCC)c(OCC)cc21.Cl. The molecule has 1 amide bonds. The number of nitrogens with zero attached hydrogens (tertiary/aromatic N) is 4. The third-order valence-corrected chi connectivity index (χ3v) is 8.06. The number of benzene rings is 3. The van der Waals surface area contributed by atoms with Crippen molar-refractivity contribution >= 4 is 35.4 Å². The summed E-state index contributed by atoms with van der Waals surface area (Å²) in [6.45, 7) is 12.9. The monoisotopic (exact) mass is 620 g/mol. The third-order valence-electron chi connectivity index (χ3n) is 8.06. The highest BCUT2D eigenvalue weighted by Gasteiger charge is 2.27. The van der Waals surface area contributed by atoms with E-state index >= 15 is 0 Å². The summed E-state index contributed by atoms with van der Waals surface area (Å²) >= 11 is 0. The Morgan fingerprint density at radius 1 is 0.841 bits per heavy atom. The van der Waals surface area contributed by atoms with E-state index < -0.39 is 0 Å². The minimum absolute atomic E-state index is 0. The van der Waals surface area contributed by atoms with Gasteiger partial charge in [0.1, 0.15) is 12.3 Å². The molecule has 5 rings (SSSR count). The topological polar surface area (TPSA) is 66.8 Å². The molecular formula is C35H45ClN4O4. The van der Waals surface area contributed by atoms with Crippen LogP contribution in [0, 0.1) is 0 Å². The molecule has 0 saturated carbocycles. The number of carbonyl (C=O) groups is 1. The lowest BCUT2D eigenvalue weighted by Gasteiger charge is -2.36. The second-order valence-corrected chi connectivity index (χ2v) is 10.9. The molecule has 2 aliphatic rings. The Labute approximate surface area is 268 Å². The first-order chi connectivity index (χ1) is 21.0. The van der Waals surface area contributed by atoms with Gasteiger partial charge >= 0.3 is 0 Å². The van der Waals surface area contributed by atoms with Gasteiger partial charge in [-0.05, 0) is 50.5 Å². The number of halogens is 1. The van der Waals surface area contributed by atoms with Crippen LogP contribution in [0.5, 0.6) is 17.2 Å². The summed E-state index contributed by atoms with van der Waals surface area (Å²) in [6, 6.07) is 20.9. The molecule has 0 atom stereocenters. The highest BCUT2D eigenvalue weighted by Crippen LogP contribution is 2.38. The molecule has 0 aromatic heterocycles. The van der Waals surface area contributed by atoms with Gasteiger partial charge in [-0.3, -0.25) is 14.7 Å². The Kier molecular flexibility index (Phi) is 11.9. The fraction of sp³-hybridized carbons (Fsp3) is 0.429. The smallest absolute Gasteiger partial charge is 0.248 e. The van der Waals surface area contributed by atoms with Crippen LogP contribution in [-0.2, 0) is 11.2 Å². The van der Waals surface area contributed by atoms with E-state index in [-0.39, 0.29) is 24.9 Å². The third kappa shape index (κ3) is 7.66. The number of aliphatic imine (C=N–C) groups is 1. The summed E-state index contributed by atoms with van der Waals surface area (Å²) in [7, 11) is 1.71. The molecule has 2 aliphatic heterocycles. The number of anilines is 2. The lowest BCUT2D eigenvalue weighted by Crippen LogP contribution is -2.47. The molecule has 0 spiro atoms. The number of rotatable bonds is 12. The van der Waals surface area contributed by atoms with Gasteiger partial charge in [-0.1, -0.05) is 37.3 Å². The summed E-state index contributed by atoms with van der Waals surface area (Å²) in [5, 5.41) is 0. The van der Waals surface area contributed by atoms with Crippen LogP contribution >= 0.6 is 12.4 Å². The van der Waals surface area contributed by atoms with Crippen LogP contribution in [0.2, 0.25) is 0 Å². The van der Waals surface area contributed by atoms with Crippen LogP contribution in [0.1, 0.15) is 43.9 Å². The van der Waals surface area contributed by atoms with E-state index in [2.05, 4.69) is 59.2 Å². The molecule has 44 heavy (non-hydrogen) atoms. The van der Waals surface area contributed by atoms with Crippen LogP contribution in [-0.4, -0.2) is 82.7 Å². The summed E-state index contributed by atoms with van der Waals surface area (Å²) in [5.41, 5.74) is 6.04. The Balaban J connectivity index is 0.00000442. The molecular weight excluding hydrogens is 576 g/mol. The molecule has 1 fully saturated rings. The van der Waals surface area contributed by atoms with Crippen LogP contribution in [0.3, 0.4) is 0 Å². The van der Waals surface area contributed by atoms with E-state index in [1.54, 1.807) is 7.11 Å². The number of ether oxygens (including phenoxy) is 3. The van der Waals surface area contributed by atoms with Crippen molar-refractivity contribution in [2.75, 3.05) is 75.9 Å². The van der Waals surface area contributed by atoms with E-state index in [0.29, 0.717) is 31.3 Å². The number of hydrogen-bond acceptors (Lipinski definition) is 7. The van der Waals surface area contributed by atoms with Gasteiger partial charge < -0.3 is 24.0 Å². The van der Waals surface area contributed by atoms with Gasteiger partial charge in [-0.2, -0.15) is 0 Å². The van der Waals surface area contributed by atoms with Crippen molar-refractivity contribution in [3.63, 3.8) is 0 Å². The number of piperazine rings is 1. The summed E-state index contributed by atoms with van der Waals surface area (Å²) in [4.78, 5) is 24.8. The largest absolute Gasteiger partial charge is 0.497 e. The lowest BCUT2D eigenvalue weighted by molar-refractivity contribution is -0.117. The Morgan fingerprint density at radius 3 is 2.20 bits per heavy atom. The molecule has 0 bridgehead atoms. The van der Waals surface area contributed by atoms with Crippen molar-refractivity contribution in [1.29, 1.82) is 0 Å². The zero-order valence-electron chi connectivity index (χ0n) is 26.4. The fourth-order valence-corrected chi connectivity index (χ4v) is 5.82. The van der Waals surface area contributed by atoms with Gasteiger partial charge in [-0.15, -0.1) is 12.4 Å². The molecule has 0 N–H and O–H groups in total. The predicted octanol–water partition coefficient (Wildman–Crippen LogP) is 5.87. The summed E-state index contributed by atoms with van der Waals surface area (Å²) < 4.78 is 17.3. The van der Waals surface area contributed by atoms with Crippen molar-refractivity contribution in [2.24, 2.45) is 4.99 Å². The average molecular weight is 621 g/mol. The van der Waals surface area contributed by atoms with Crippen molar-refractivity contribution in [1.82, 2.24) is 4.90 Å². The zero-order valence-corrected chi connectivity index (χ0v) is 27.2. The highest BCUT2D eigenvalue weighted by atomic mass is 35.5. The van der Waals surface area contributed by atoms with Crippen molar-refractivity contribution in [3.8, 4) is 17.2 Å². The molecule has 0 radical (unpaired) electrons. The molecule has 8 nitrogen and oxygen atoms in total. The summed E-state index contributed by atoms with van der Waals surface area (Å²) in [6.07, 6.45) is 1.83. The molecule has 1 saturated heterocycles. The van der Waals surface area contributed by atoms with Gasteiger partial charge in [0.2, 0.25) is 5.91 Å². The molecule has 3 aromatic carbocycles. The van der Waals surface area contributed by atoms with Crippen molar-refractivity contribution in [2.45, 2.75) is 33.6 Å². The first kappa shape index (κ1) is 33.1. The van der Waals surface area contributed by atoms with Crippen molar-refractivity contribution in [3.05, 3.63) is 77.4 Å². The minimum atomic E-state index is -0.00664. The minimum Gasteiger partial charge on any atom is -0.497 e. The molecule has 0 aliphatic carbocycles. The van der Waals surface area contributed by atoms with Crippen LogP contribution < -0.4 is 24.0 Å². The Bertz CT molecular complexity index is 1420. The maximum absolute atomic E-state index is 13.2. The number of methoxy groups -OCH3 is 1. The standard InChI is InChI=1S/C35H44N4O4.ClH/c1-5-16-39-31-24-33(43-7-3)32(42-6-2)23-30(31)35(36-25-34(39)40)27-13-11-26(12-14-27)15-17-37-18-20-38(21-19-37)28-9-8-10-29(22-28)41-4;/h8-14,22-24H,5-7,15-21,25H2,1-4H3;1H. The first-order valence-corrected chi connectivity index (χ1v) is 15.5. The van der Waals surface area contributed by atoms with Gasteiger partial charge in [0.15, 0.2) is 11.5 Å². The van der Waals surface area contributed by atoms with Gasteiger partial charge in [-0.25, -0.2) is 0 Å². The highest BCUT2D eigenvalue weighted by molar-refractivity contribution is 6.20. The first-order valence-electron chi connectivity index (χ1n) is 15.5. The Hall–Kier alpha value is -3.75.